The van der Waals surface area contributed by atoms with Crippen LogP contribution in [0, 0.1) is 11.6 Å². The average Bonchev–Trinajstić information content (AvgIpc) is 2.79. The monoisotopic (exact) mass is 328 g/mol. The Morgan fingerprint density at radius 1 is 1.42 bits per heavy atom. The van der Waals surface area contributed by atoms with Crippen molar-refractivity contribution in [3.8, 4) is 0 Å². The number of imidazole rings is 1. The first-order valence-corrected chi connectivity index (χ1v) is 6.43. The summed E-state index contributed by atoms with van der Waals surface area (Å²) in [5, 5.41) is 0. The van der Waals surface area contributed by atoms with Gasteiger partial charge in [-0.15, -0.1) is 0 Å². The molecular formula is C13H11BrF2N2O. The second-order valence-electron chi connectivity index (χ2n) is 4.10. The van der Waals surface area contributed by atoms with Crippen molar-refractivity contribution in [3.63, 3.8) is 0 Å². The number of nitrogens with zero attached hydrogens (tertiary/aromatic N) is 2. The molecule has 2 aromatic rings. The molecule has 19 heavy (non-hydrogen) atoms. The molecule has 0 spiro atoms. The Bertz CT molecular complexity index is 625. The van der Waals surface area contributed by atoms with E-state index in [2.05, 4.69) is 20.9 Å². The molecule has 0 aliphatic heterocycles. The van der Waals surface area contributed by atoms with E-state index in [9.17, 15) is 13.6 Å². The van der Waals surface area contributed by atoms with E-state index >= 15 is 0 Å². The first-order valence-electron chi connectivity index (χ1n) is 5.63. The predicted molar refractivity (Wildman–Crippen MR) is 69.9 cm³/mol. The zero-order valence-corrected chi connectivity index (χ0v) is 11.7. The Labute approximate surface area is 117 Å². The van der Waals surface area contributed by atoms with Gasteiger partial charge in [0.1, 0.15) is 5.82 Å². The summed E-state index contributed by atoms with van der Waals surface area (Å²) in [6.07, 6.45) is 4.07. The molecule has 2 rings (SSSR count). The molecule has 0 unspecified atom stereocenters. The molecule has 0 fully saturated rings. The number of Topliss-reactive ketones (excluding diaryl/α,β-unsaturated/α-hetero) is 1. The zero-order valence-electron chi connectivity index (χ0n) is 10.2. The Kier molecular flexibility index (Phi) is 4.09. The van der Waals surface area contributed by atoms with E-state index in [1.807, 2.05) is 11.6 Å². The number of hydrogen-bond donors (Lipinski definition) is 0. The van der Waals surface area contributed by atoms with Gasteiger partial charge in [0.15, 0.2) is 17.4 Å². The van der Waals surface area contributed by atoms with Crippen LogP contribution in [0.1, 0.15) is 22.6 Å². The van der Waals surface area contributed by atoms with Gasteiger partial charge in [-0.2, -0.15) is 0 Å². The molecule has 1 heterocycles. The minimum Gasteiger partial charge on any atom is -0.338 e. The second kappa shape index (κ2) is 5.61. The summed E-state index contributed by atoms with van der Waals surface area (Å²) in [4.78, 5) is 16.1. The van der Waals surface area contributed by atoms with E-state index in [1.165, 1.54) is 6.07 Å². The van der Waals surface area contributed by atoms with Crippen LogP contribution in [-0.4, -0.2) is 15.3 Å². The Morgan fingerprint density at radius 3 is 2.79 bits per heavy atom. The van der Waals surface area contributed by atoms with Gasteiger partial charge in [0.25, 0.3) is 0 Å². The van der Waals surface area contributed by atoms with Crippen LogP contribution in [0.25, 0.3) is 0 Å². The summed E-state index contributed by atoms with van der Waals surface area (Å²) >= 11 is 2.91. The number of aromatic nitrogens is 2. The van der Waals surface area contributed by atoms with Gasteiger partial charge >= 0.3 is 0 Å². The fraction of sp³-hybridized carbons (Fsp3) is 0.231. The van der Waals surface area contributed by atoms with Gasteiger partial charge < -0.3 is 4.57 Å². The fourth-order valence-corrected chi connectivity index (χ4v) is 2.28. The van der Waals surface area contributed by atoms with Crippen LogP contribution < -0.4 is 0 Å². The van der Waals surface area contributed by atoms with E-state index in [1.54, 1.807) is 12.4 Å². The number of benzene rings is 1. The van der Waals surface area contributed by atoms with Crippen molar-refractivity contribution in [2.75, 3.05) is 0 Å². The van der Waals surface area contributed by atoms with E-state index in [-0.39, 0.29) is 22.2 Å². The predicted octanol–water partition coefficient (Wildman–Crippen LogP) is 3.28. The topological polar surface area (TPSA) is 34.9 Å². The average molecular weight is 329 g/mol. The number of carbonyl (C=O) groups excluding carboxylic acids is 1. The molecule has 0 N–H and O–H groups in total. The molecule has 0 aliphatic carbocycles. The van der Waals surface area contributed by atoms with Crippen LogP contribution in [-0.2, 0) is 13.5 Å². The smallest absolute Gasteiger partial charge is 0.173 e. The Morgan fingerprint density at radius 2 is 2.16 bits per heavy atom. The minimum atomic E-state index is -1.04. The van der Waals surface area contributed by atoms with Crippen LogP contribution in [0.15, 0.2) is 29.0 Å². The number of aryl methyl sites for hydroxylation is 2. The quantitative estimate of drug-likeness (QED) is 0.637. The molecule has 0 saturated heterocycles. The molecule has 6 heteroatoms. The van der Waals surface area contributed by atoms with Crippen LogP contribution in [0.4, 0.5) is 8.78 Å². The SMILES string of the molecule is Cn1ccnc1CCC(=O)c1ccc(F)c(F)c1Br. The molecular weight excluding hydrogens is 318 g/mol. The van der Waals surface area contributed by atoms with Crippen molar-refractivity contribution in [1.29, 1.82) is 0 Å². The first-order chi connectivity index (χ1) is 9.00. The highest BCUT2D eigenvalue weighted by Gasteiger charge is 2.17. The van der Waals surface area contributed by atoms with Crippen LogP contribution >= 0.6 is 15.9 Å². The lowest BCUT2D eigenvalue weighted by molar-refractivity contribution is 0.0980. The lowest BCUT2D eigenvalue weighted by Gasteiger charge is -2.05. The maximum atomic E-state index is 13.3. The second-order valence-corrected chi connectivity index (χ2v) is 4.89. The van der Waals surface area contributed by atoms with Crippen molar-refractivity contribution in [2.24, 2.45) is 7.05 Å². The van der Waals surface area contributed by atoms with Crippen molar-refractivity contribution in [2.45, 2.75) is 12.8 Å². The van der Waals surface area contributed by atoms with Crippen molar-refractivity contribution < 1.29 is 13.6 Å². The highest BCUT2D eigenvalue weighted by Crippen LogP contribution is 2.24. The molecule has 1 aromatic carbocycles. The summed E-state index contributed by atoms with van der Waals surface area (Å²) in [7, 11) is 1.83. The van der Waals surface area contributed by atoms with Crippen molar-refractivity contribution >= 4 is 21.7 Å². The molecule has 100 valence electrons. The van der Waals surface area contributed by atoms with E-state index in [0.29, 0.717) is 6.42 Å². The third-order valence-corrected chi connectivity index (χ3v) is 3.61. The van der Waals surface area contributed by atoms with Gasteiger partial charge in [-0.3, -0.25) is 4.79 Å². The van der Waals surface area contributed by atoms with Crippen LogP contribution in [0.2, 0.25) is 0 Å². The summed E-state index contributed by atoms with van der Waals surface area (Å²) < 4.78 is 28.0. The first kappa shape index (κ1) is 13.9. The van der Waals surface area contributed by atoms with Gasteiger partial charge in [0.2, 0.25) is 0 Å². The zero-order chi connectivity index (χ0) is 14.0. The number of carbonyl (C=O) groups is 1. The van der Waals surface area contributed by atoms with Crippen LogP contribution in [0.5, 0.6) is 0 Å². The van der Waals surface area contributed by atoms with E-state index < -0.39 is 11.6 Å². The molecule has 1 aromatic heterocycles. The maximum absolute atomic E-state index is 13.3. The lowest BCUT2D eigenvalue weighted by atomic mass is 10.1. The standard InChI is InChI=1S/C13H11BrF2N2O/c1-18-7-6-17-11(18)5-4-10(19)8-2-3-9(15)13(16)12(8)14/h2-3,6-7H,4-5H2,1H3. The van der Waals surface area contributed by atoms with Gasteiger partial charge in [-0.1, -0.05) is 0 Å². The lowest BCUT2D eigenvalue weighted by Crippen LogP contribution is -2.06. The summed E-state index contributed by atoms with van der Waals surface area (Å²) in [6.45, 7) is 0. The highest BCUT2D eigenvalue weighted by atomic mass is 79.9. The molecule has 0 amide bonds. The molecule has 0 aliphatic rings. The van der Waals surface area contributed by atoms with Gasteiger partial charge in [0, 0.05) is 37.8 Å². The van der Waals surface area contributed by atoms with E-state index in [4.69, 9.17) is 0 Å². The van der Waals surface area contributed by atoms with Gasteiger partial charge in [-0.25, -0.2) is 13.8 Å². The highest BCUT2D eigenvalue weighted by molar-refractivity contribution is 9.10. The number of ketones is 1. The summed E-state index contributed by atoms with van der Waals surface area (Å²) in [6, 6.07) is 2.23. The largest absolute Gasteiger partial charge is 0.338 e. The Hall–Kier alpha value is -1.56. The van der Waals surface area contributed by atoms with Gasteiger partial charge in [0.05, 0.1) is 4.47 Å². The normalized spacial score (nSPS) is 10.7. The fourth-order valence-electron chi connectivity index (χ4n) is 1.74. The number of rotatable bonds is 4. The molecule has 3 nitrogen and oxygen atoms in total. The summed E-state index contributed by atoms with van der Waals surface area (Å²) in [5.74, 6) is -1.50. The molecule has 0 bridgehead atoms. The number of hydrogen-bond acceptors (Lipinski definition) is 2. The molecule has 0 atom stereocenters. The summed E-state index contributed by atoms with van der Waals surface area (Å²) in [5.41, 5.74) is 0.146. The third-order valence-electron chi connectivity index (χ3n) is 2.83. The molecule has 0 radical (unpaired) electrons. The van der Waals surface area contributed by atoms with Crippen molar-refractivity contribution in [3.05, 3.63) is 52.0 Å². The molecule has 0 saturated carbocycles. The Balaban J connectivity index is 2.13. The number of halogens is 3. The van der Waals surface area contributed by atoms with Crippen molar-refractivity contribution in [1.82, 2.24) is 9.55 Å². The minimum absolute atomic E-state index is 0.127. The van der Waals surface area contributed by atoms with E-state index in [0.717, 1.165) is 11.9 Å². The van der Waals surface area contributed by atoms with Crippen LogP contribution in [0.3, 0.4) is 0 Å². The maximum Gasteiger partial charge on any atom is 0.173 e. The third kappa shape index (κ3) is 2.89. The van der Waals surface area contributed by atoms with Gasteiger partial charge in [-0.05, 0) is 28.1 Å².